The van der Waals surface area contributed by atoms with Gasteiger partial charge in [-0.25, -0.2) is 8.78 Å². The van der Waals surface area contributed by atoms with E-state index >= 15 is 0 Å². The highest BCUT2D eigenvalue weighted by Crippen LogP contribution is 2.40. The normalized spacial score (nSPS) is 21.5. The minimum absolute atomic E-state index is 0.0992. The Kier molecular flexibility index (Phi) is 5.76. The van der Waals surface area contributed by atoms with Gasteiger partial charge in [-0.05, 0) is 38.8 Å². The molecule has 0 spiro atoms. The number of amidine groups is 1. The summed E-state index contributed by atoms with van der Waals surface area (Å²) < 4.78 is 35.2. The van der Waals surface area contributed by atoms with Gasteiger partial charge in [0.25, 0.3) is 0 Å². The number of aryl methyl sites for hydroxylation is 1. The molecule has 1 unspecified atom stereocenters. The minimum atomic E-state index is -0.652. The highest BCUT2D eigenvalue weighted by atomic mass is 32.1. The Morgan fingerprint density at radius 3 is 2.83 bits per heavy atom. The molecule has 0 bridgehead atoms. The Hall–Kier alpha value is -2.16. The van der Waals surface area contributed by atoms with Crippen molar-refractivity contribution in [3.05, 3.63) is 51.4 Å². The van der Waals surface area contributed by atoms with Gasteiger partial charge < -0.3 is 15.2 Å². The van der Waals surface area contributed by atoms with E-state index in [9.17, 15) is 13.9 Å². The maximum Gasteiger partial charge on any atom is 0.135 e. The largest absolute Gasteiger partial charge is 0.394 e. The molecule has 0 fully saturated rings. The van der Waals surface area contributed by atoms with Crippen LogP contribution in [-0.2, 0) is 17.8 Å². The second-order valence-corrected chi connectivity index (χ2v) is 8.39. The zero-order valence-electron chi connectivity index (χ0n) is 16.3. The molecular formula is C21H23F2N3O2S. The van der Waals surface area contributed by atoms with Crippen LogP contribution >= 0.6 is 11.3 Å². The molecule has 2 N–H and O–H groups in total. The molecule has 2 aromatic rings. The number of aliphatic hydroxyl groups excluding tert-OH is 1. The van der Waals surface area contributed by atoms with E-state index in [1.54, 1.807) is 18.3 Å². The number of hydrogen-bond donors (Lipinski definition) is 2. The molecule has 8 heteroatoms. The summed E-state index contributed by atoms with van der Waals surface area (Å²) in [6.07, 6.45) is 1.74. The van der Waals surface area contributed by atoms with Crippen LogP contribution in [0.3, 0.4) is 0 Å². The summed E-state index contributed by atoms with van der Waals surface area (Å²) in [6, 6.07) is 3.06. The first-order chi connectivity index (χ1) is 14.0. The third-order valence-electron chi connectivity index (χ3n) is 5.05. The second kappa shape index (κ2) is 8.30. The average molecular weight is 419 g/mol. The highest BCUT2D eigenvalue weighted by Gasteiger charge is 2.31. The van der Waals surface area contributed by atoms with Gasteiger partial charge in [0.1, 0.15) is 28.5 Å². The van der Waals surface area contributed by atoms with Crippen LogP contribution in [0, 0.1) is 11.6 Å². The van der Waals surface area contributed by atoms with Crippen molar-refractivity contribution >= 4 is 27.9 Å². The first-order valence-corrected chi connectivity index (χ1v) is 10.5. The first kappa shape index (κ1) is 20.1. The van der Waals surface area contributed by atoms with Crippen LogP contribution in [0.1, 0.15) is 41.8 Å². The topological polar surface area (TPSA) is 66.2 Å². The standard InChI is InChI=1S/C21H23F2N3O2S/c1-11(9-27)24-20-12(2)25-19(18-14(22)5-3-6-15(18)23)17-13-10-28-8-4-7-16(13)29-21(17)26-20/h3,5-6,11-12,27H,4,7-10H2,1-2H3,(H,24,26)/t11?,12-/m0/s1. The summed E-state index contributed by atoms with van der Waals surface area (Å²) in [5.41, 5.74) is 1.76. The van der Waals surface area contributed by atoms with Crippen molar-refractivity contribution in [2.75, 3.05) is 18.5 Å². The number of benzene rings is 1. The summed E-state index contributed by atoms with van der Waals surface area (Å²) in [4.78, 5) is 10.4. The van der Waals surface area contributed by atoms with Crippen LogP contribution in [0.5, 0.6) is 0 Å². The van der Waals surface area contributed by atoms with E-state index in [0.29, 0.717) is 24.6 Å². The average Bonchev–Trinajstić information content (AvgIpc) is 2.81. The molecule has 1 aromatic heterocycles. The molecule has 154 valence electrons. The lowest BCUT2D eigenvalue weighted by Gasteiger charge is -2.13. The molecule has 3 heterocycles. The second-order valence-electron chi connectivity index (χ2n) is 7.29. The number of aliphatic hydroxyl groups is 1. The number of ether oxygens (including phenoxy) is 1. The molecule has 1 aromatic carbocycles. The summed E-state index contributed by atoms with van der Waals surface area (Å²) in [5.74, 6) is -0.738. The van der Waals surface area contributed by atoms with Crippen molar-refractivity contribution in [2.45, 2.75) is 45.4 Å². The molecule has 0 radical (unpaired) electrons. The fourth-order valence-corrected chi connectivity index (χ4v) is 4.84. The molecule has 2 atom stereocenters. The number of hydrogen-bond acceptors (Lipinski definition) is 5. The summed E-state index contributed by atoms with van der Waals surface area (Å²) in [6.45, 7) is 4.55. The summed E-state index contributed by atoms with van der Waals surface area (Å²) in [5, 5.41) is 13.5. The van der Waals surface area contributed by atoms with E-state index in [1.807, 2.05) is 6.92 Å². The van der Waals surface area contributed by atoms with Crippen molar-refractivity contribution in [3.8, 4) is 0 Å². The predicted octanol–water partition coefficient (Wildman–Crippen LogP) is 3.92. The van der Waals surface area contributed by atoms with Gasteiger partial charge in [-0.1, -0.05) is 6.07 Å². The lowest BCUT2D eigenvalue weighted by atomic mass is 9.97. The molecule has 2 aliphatic rings. The number of nitrogens with zero attached hydrogens (tertiary/aromatic N) is 2. The van der Waals surface area contributed by atoms with Gasteiger partial charge in [0.05, 0.1) is 30.5 Å². The van der Waals surface area contributed by atoms with Gasteiger partial charge in [-0.3, -0.25) is 9.98 Å². The number of thiophene rings is 1. The Labute approximate surface area is 172 Å². The lowest BCUT2D eigenvalue weighted by molar-refractivity contribution is 0.125. The van der Waals surface area contributed by atoms with Crippen molar-refractivity contribution in [2.24, 2.45) is 9.98 Å². The van der Waals surface area contributed by atoms with Gasteiger partial charge in [0.2, 0.25) is 0 Å². The smallest absolute Gasteiger partial charge is 0.135 e. The lowest BCUT2D eigenvalue weighted by Crippen LogP contribution is -2.25. The highest BCUT2D eigenvalue weighted by molar-refractivity contribution is 7.17. The molecule has 0 saturated heterocycles. The van der Waals surface area contributed by atoms with Crippen LogP contribution in [0.2, 0.25) is 0 Å². The van der Waals surface area contributed by atoms with Crippen molar-refractivity contribution in [1.29, 1.82) is 0 Å². The van der Waals surface area contributed by atoms with Crippen LogP contribution in [0.4, 0.5) is 13.8 Å². The van der Waals surface area contributed by atoms with E-state index in [2.05, 4.69) is 10.3 Å². The Balaban J connectivity index is 1.95. The number of halogens is 2. The fraction of sp³-hybridized carbons (Fsp3) is 0.429. The zero-order chi connectivity index (χ0) is 20.5. The number of rotatable bonds is 3. The Bertz CT molecular complexity index is 966. The van der Waals surface area contributed by atoms with E-state index in [0.717, 1.165) is 28.3 Å². The molecule has 2 aliphatic heterocycles. The summed E-state index contributed by atoms with van der Waals surface area (Å²) >= 11 is 1.55. The number of anilines is 1. The number of fused-ring (bicyclic) bond motifs is 3. The Morgan fingerprint density at radius 1 is 1.34 bits per heavy atom. The van der Waals surface area contributed by atoms with Crippen molar-refractivity contribution < 1.29 is 18.6 Å². The van der Waals surface area contributed by atoms with E-state index in [-0.39, 0.29) is 23.9 Å². The van der Waals surface area contributed by atoms with Crippen LogP contribution in [0.25, 0.3) is 0 Å². The van der Waals surface area contributed by atoms with Crippen molar-refractivity contribution in [1.82, 2.24) is 0 Å². The molecule has 0 amide bonds. The molecular weight excluding hydrogens is 396 g/mol. The molecule has 29 heavy (non-hydrogen) atoms. The Morgan fingerprint density at radius 2 is 2.10 bits per heavy atom. The molecule has 4 rings (SSSR count). The number of nitrogens with one attached hydrogen (secondary N) is 1. The van der Waals surface area contributed by atoms with Gasteiger partial charge >= 0.3 is 0 Å². The summed E-state index contributed by atoms with van der Waals surface area (Å²) in [7, 11) is 0. The third kappa shape index (κ3) is 3.84. The van der Waals surface area contributed by atoms with E-state index in [4.69, 9.17) is 9.73 Å². The molecule has 0 saturated carbocycles. The predicted molar refractivity (Wildman–Crippen MR) is 111 cm³/mol. The minimum Gasteiger partial charge on any atom is -0.394 e. The monoisotopic (exact) mass is 419 g/mol. The van der Waals surface area contributed by atoms with Crippen LogP contribution in [0.15, 0.2) is 28.2 Å². The quantitative estimate of drug-likeness (QED) is 0.793. The van der Waals surface area contributed by atoms with Crippen molar-refractivity contribution in [3.63, 3.8) is 0 Å². The fourth-order valence-electron chi connectivity index (χ4n) is 3.59. The van der Waals surface area contributed by atoms with Gasteiger partial charge in [-0.2, -0.15) is 0 Å². The van der Waals surface area contributed by atoms with E-state index in [1.165, 1.54) is 18.2 Å². The maximum atomic E-state index is 14.7. The molecule has 0 aliphatic carbocycles. The first-order valence-electron chi connectivity index (χ1n) is 9.70. The molecule has 5 nitrogen and oxygen atoms in total. The number of aliphatic imine (C=N–C) groups is 2. The van der Waals surface area contributed by atoms with Gasteiger partial charge in [0.15, 0.2) is 0 Å². The van der Waals surface area contributed by atoms with Crippen LogP contribution < -0.4 is 5.32 Å². The zero-order valence-corrected chi connectivity index (χ0v) is 17.2. The maximum absolute atomic E-state index is 14.7. The SMILES string of the molecule is CC(CO)N=C1Nc2sc3c(c2C(c2c(F)cccc2F)=N[C@H]1C)COCCC3. The van der Waals surface area contributed by atoms with Crippen LogP contribution in [-0.4, -0.2) is 42.0 Å². The van der Waals surface area contributed by atoms with E-state index < -0.39 is 17.7 Å². The van der Waals surface area contributed by atoms with Gasteiger partial charge in [0, 0.05) is 22.6 Å². The van der Waals surface area contributed by atoms with Gasteiger partial charge in [-0.15, -0.1) is 11.3 Å². The third-order valence-corrected chi connectivity index (χ3v) is 6.26.